The van der Waals surface area contributed by atoms with E-state index in [1.807, 2.05) is 17.6 Å². The van der Waals surface area contributed by atoms with Crippen LogP contribution in [0.2, 0.25) is 0 Å². The number of nitrogens with one attached hydrogen (secondary N) is 2. The monoisotopic (exact) mass is 328 g/mol. The van der Waals surface area contributed by atoms with Crippen LogP contribution in [0.1, 0.15) is 29.9 Å². The average molecular weight is 328 g/mol. The van der Waals surface area contributed by atoms with E-state index in [1.165, 1.54) is 12.1 Å². The minimum atomic E-state index is -0.255. The zero-order chi connectivity index (χ0) is 16.5. The van der Waals surface area contributed by atoms with Crippen molar-refractivity contribution < 1.29 is 8.78 Å². The van der Waals surface area contributed by atoms with Gasteiger partial charge >= 0.3 is 0 Å². The van der Waals surface area contributed by atoms with Crippen LogP contribution in [0.3, 0.4) is 0 Å². The molecule has 0 aliphatic carbocycles. The van der Waals surface area contributed by atoms with E-state index in [-0.39, 0.29) is 11.6 Å². The first kappa shape index (κ1) is 15.4. The Morgan fingerprint density at radius 3 is 2.67 bits per heavy atom. The Morgan fingerprint density at radius 2 is 1.88 bits per heavy atom. The maximum Gasteiger partial charge on any atom is 0.139 e. The molecular formula is C19H20F2N3. The lowest BCUT2D eigenvalue weighted by Gasteiger charge is -2.25. The summed E-state index contributed by atoms with van der Waals surface area (Å²) in [7, 11) is 0. The smallest absolute Gasteiger partial charge is 0.139 e. The Morgan fingerprint density at radius 1 is 1.04 bits per heavy atom. The normalized spacial score (nSPS) is 17.7. The fourth-order valence-corrected chi connectivity index (χ4v) is 3.63. The van der Waals surface area contributed by atoms with Crippen molar-refractivity contribution in [2.45, 2.75) is 25.3 Å². The molecule has 0 aromatic heterocycles. The quantitative estimate of drug-likeness (QED) is 0.892. The van der Waals surface area contributed by atoms with Gasteiger partial charge in [-0.3, -0.25) is 0 Å². The second-order valence-corrected chi connectivity index (χ2v) is 6.44. The topological polar surface area (TPSA) is 27.3 Å². The molecule has 125 valence electrons. The lowest BCUT2D eigenvalue weighted by molar-refractivity contribution is 0.459. The fourth-order valence-electron chi connectivity index (χ4n) is 3.63. The Labute approximate surface area is 140 Å². The predicted octanol–water partition coefficient (Wildman–Crippen LogP) is 3.98. The third-order valence-corrected chi connectivity index (χ3v) is 4.81. The molecule has 0 amide bonds. The second kappa shape index (κ2) is 6.40. The largest absolute Gasteiger partial charge is 0.360 e. The lowest BCUT2D eigenvalue weighted by Crippen LogP contribution is -2.26. The molecule has 2 aromatic carbocycles. The van der Waals surface area contributed by atoms with Crippen LogP contribution in [0.15, 0.2) is 36.4 Å². The van der Waals surface area contributed by atoms with Gasteiger partial charge < -0.3 is 15.5 Å². The molecule has 24 heavy (non-hydrogen) atoms. The zero-order valence-electron chi connectivity index (χ0n) is 13.4. The number of hydrogen-bond acceptors (Lipinski definition) is 3. The van der Waals surface area contributed by atoms with Crippen LogP contribution in [0, 0.1) is 18.3 Å². The Bertz CT molecular complexity index is 741. The number of rotatable bonds is 3. The first-order chi connectivity index (χ1) is 11.7. The first-order valence-corrected chi connectivity index (χ1v) is 8.36. The van der Waals surface area contributed by atoms with Gasteiger partial charge in [0.05, 0.1) is 11.4 Å². The van der Waals surface area contributed by atoms with Crippen LogP contribution in [0.4, 0.5) is 20.2 Å². The summed E-state index contributed by atoms with van der Waals surface area (Å²) in [5, 5.41) is 6.64. The molecule has 5 heteroatoms. The zero-order valence-corrected chi connectivity index (χ0v) is 13.4. The highest BCUT2D eigenvalue weighted by atomic mass is 19.1. The minimum absolute atomic E-state index is 0.219. The highest BCUT2D eigenvalue weighted by molar-refractivity contribution is 5.80. The van der Waals surface area contributed by atoms with Crippen LogP contribution in [0.25, 0.3) is 0 Å². The van der Waals surface area contributed by atoms with Crippen molar-refractivity contribution >= 4 is 11.4 Å². The van der Waals surface area contributed by atoms with Crippen molar-refractivity contribution in [2.75, 3.05) is 23.3 Å². The molecule has 1 saturated heterocycles. The van der Waals surface area contributed by atoms with E-state index in [0.29, 0.717) is 12.5 Å². The van der Waals surface area contributed by atoms with Crippen LogP contribution in [0.5, 0.6) is 0 Å². The number of halogens is 2. The van der Waals surface area contributed by atoms with E-state index < -0.39 is 0 Å². The molecular weight excluding hydrogens is 308 g/mol. The molecule has 1 radical (unpaired) electrons. The molecule has 3 nitrogen and oxygen atoms in total. The van der Waals surface area contributed by atoms with Gasteiger partial charge in [-0.15, -0.1) is 0 Å². The maximum atomic E-state index is 14.2. The Kier molecular flexibility index (Phi) is 4.10. The van der Waals surface area contributed by atoms with Gasteiger partial charge in [0.1, 0.15) is 18.3 Å². The Hall–Kier alpha value is -2.14. The van der Waals surface area contributed by atoms with Crippen molar-refractivity contribution in [1.82, 2.24) is 5.32 Å². The molecule has 2 heterocycles. The summed E-state index contributed by atoms with van der Waals surface area (Å²) in [5.41, 5.74) is 3.71. The van der Waals surface area contributed by atoms with Crippen LogP contribution in [-0.4, -0.2) is 13.1 Å². The summed E-state index contributed by atoms with van der Waals surface area (Å²) in [5.74, 6) is -0.108. The minimum Gasteiger partial charge on any atom is -0.360 e. The van der Waals surface area contributed by atoms with E-state index in [1.54, 1.807) is 18.2 Å². The van der Waals surface area contributed by atoms with Gasteiger partial charge in [-0.25, -0.2) is 8.78 Å². The summed E-state index contributed by atoms with van der Waals surface area (Å²) in [6.45, 7) is 4.28. The first-order valence-electron chi connectivity index (χ1n) is 8.36. The molecule has 2 aliphatic rings. The van der Waals surface area contributed by atoms with Crippen LogP contribution < -0.4 is 15.5 Å². The molecule has 2 aromatic rings. The number of anilines is 2. The van der Waals surface area contributed by atoms with Crippen molar-refractivity contribution in [1.29, 1.82) is 0 Å². The SMILES string of the molecule is Fc1cccc(CN2[CH]Nc3c(C4CCNCC4)cc(F)cc32)c1. The Balaban J connectivity index is 1.64. The second-order valence-electron chi connectivity index (χ2n) is 6.44. The fraction of sp³-hybridized carbons (Fsp3) is 0.316. The maximum absolute atomic E-state index is 14.2. The highest BCUT2D eigenvalue weighted by Gasteiger charge is 2.27. The highest BCUT2D eigenvalue weighted by Crippen LogP contribution is 2.42. The van der Waals surface area contributed by atoms with Gasteiger partial charge in [0.25, 0.3) is 0 Å². The van der Waals surface area contributed by atoms with E-state index >= 15 is 0 Å². The third-order valence-electron chi connectivity index (χ3n) is 4.81. The van der Waals surface area contributed by atoms with Gasteiger partial charge in [-0.05, 0) is 67.2 Å². The number of fused-ring (bicyclic) bond motifs is 1. The molecule has 1 fully saturated rings. The van der Waals surface area contributed by atoms with Crippen molar-refractivity contribution in [2.24, 2.45) is 0 Å². The molecule has 2 N–H and O–H groups in total. The number of piperidine rings is 1. The molecule has 4 rings (SSSR count). The average Bonchev–Trinajstić information content (AvgIpc) is 2.98. The molecule has 0 atom stereocenters. The van der Waals surface area contributed by atoms with Gasteiger partial charge in [0.2, 0.25) is 0 Å². The number of benzene rings is 2. The number of nitrogens with zero attached hydrogens (tertiary/aromatic N) is 1. The van der Waals surface area contributed by atoms with Crippen LogP contribution >= 0.6 is 0 Å². The van der Waals surface area contributed by atoms with E-state index in [4.69, 9.17) is 0 Å². The van der Waals surface area contributed by atoms with E-state index in [2.05, 4.69) is 10.6 Å². The van der Waals surface area contributed by atoms with Gasteiger partial charge in [-0.1, -0.05) is 12.1 Å². The van der Waals surface area contributed by atoms with E-state index in [0.717, 1.165) is 48.4 Å². The van der Waals surface area contributed by atoms with Crippen LogP contribution in [-0.2, 0) is 6.54 Å². The molecule has 2 aliphatic heterocycles. The van der Waals surface area contributed by atoms with Gasteiger partial charge in [-0.2, -0.15) is 0 Å². The molecule has 0 bridgehead atoms. The lowest BCUT2D eigenvalue weighted by atomic mass is 9.88. The summed E-state index contributed by atoms with van der Waals surface area (Å²) in [4.78, 5) is 1.94. The van der Waals surface area contributed by atoms with Gasteiger partial charge in [0, 0.05) is 6.54 Å². The third kappa shape index (κ3) is 2.96. The standard InChI is InChI=1S/C19H20F2N3/c20-15-3-1-2-13(8-15)11-24-12-23-19-17(9-16(21)10-18(19)24)14-4-6-22-7-5-14/h1-3,8-10,12,14,22-23H,4-7,11H2. The van der Waals surface area contributed by atoms with Crippen molar-refractivity contribution in [3.63, 3.8) is 0 Å². The van der Waals surface area contributed by atoms with E-state index in [9.17, 15) is 8.78 Å². The van der Waals surface area contributed by atoms with Crippen molar-refractivity contribution in [3.8, 4) is 0 Å². The predicted molar refractivity (Wildman–Crippen MR) is 91.8 cm³/mol. The van der Waals surface area contributed by atoms with Gasteiger partial charge in [0.15, 0.2) is 0 Å². The molecule has 0 spiro atoms. The number of hydrogen-bond donors (Lipinski definition) is 2. The van der Waals surface area contributed by atoms with Crippen molar-refractivity contribution in [3.05, 3.63) is 65.8 Å². The molecule has 0 unspecified atom stereocenters. The molecule has 0 saturated carbocycles. The summed E-state index contributed by atoms with van der Waals surface area (Å²) in [6, 6.07) is 9.72. The summed E-state index contributed by atoms with van der Waals surface area (Å²) >= 11 is 0. The summed E-state index contributed by atoms with van der Waals surface area (Å²) in [6.07, 6.45) is 2.03. The summed E-state index contributed by atoms with van der Waals surface area (Å²) < 4.78 is 27.6.